The molecule has 1 aromatic rings. The lowest BCUT2D eigenvalue weighted by Gasteiger charge is -2.35. The van der Waals surface area contributed by atoms with Gasteiger partial charge in [-0.05, 0) is 61.3 Å². The third-order valence-electron chi connectivity index (χ3n) is 3.46. The molecule has 3 nitrogen and oxygen atoms in total. The van der Waals surface area contributed by atoms with E-state index in [4.69, 9.17) is 9.47 Å². The van der Waals surface area contributed by atoms with Crippen LogP contribution in [0.25, 0.3) is 0 Å². The number of morpholine rings is 1. The van der Waals surface area contributed by atoms with Crippen LogP contribution in [0.5, 0.6) is 5.75 Å². The number of ether oxygens (including phenoxy) is 2. The predicted octanol–water partition coefficient (Wildman–Crippen LogP) is 3.72. The van der Waals surface area contributed by atoms with Crippen LogP contribution in [-0.2, 0) is 4.74 Å². The summed E-state index contributed by atoms with van der Waals surface area (Å²) >= 11 is 3.49. The number of nitrogens with zero attached hydrogens (tertiary/aromatic N) is 1. The largest absolute Gasteiger partial charge is 0.492 e. The molecular formula is C16H24BrNO2. The Morgan fingerprint density at radius 3 is 2.60 bits per heavy atom. The van der Waals surface area contributed by atoms with Crippen molar-refractivity contribution in [1.82, 2.24) is 4.90 Å². The zero-order valence-electron chi connectivity index (χ0n) is 12.3. The maximum atomic E-state index is 5.78. The first-order valence-corrected chi connectivity index (χ1v) is 8.19. The van der Waals surface area contributed by atoms with Gasteiger partial charge in [0.2, 0.25) is 0 Å². The van der Waals surface area contributed by atoms with Crippen LogP contribution in [0, 0.1) is 0 Å². The van der Waals surface area contributed by atoms with Gasteiger partial charge >= 0.3 is 0 Å². The van der Waals surface area contributed by atoms with Gasteiger partial charge in [-0.25, -0.2) is 0 Å². The quantitative estimate of drug-likeness (QED) is 0.736. The van der Waals surface area contributed by atoms with Crippen LogP contribution in [0.2, 0.25) is 0 Å². The van der Waals surface area contributed by atoms with Crippen LogP contribution in [0.15, 0.2) is 28.7 Å². The lowest BCUT2D eigenvalue weighted by atomic mass is 10.2. The first kappa shape index (κ1) is 15.8. The summed E-state index contributed by atoms with van der Waals surface area (Å²) in [6.07, 6.45) is 2.97. The standard InChI is InChI=1S/C16H24BrNO2/c1-13-11-18(12-14(2)20-13)9-5-6-10-19-16-8-4-3-7-15(16)17/h3-4,7-8,13-14H,5-6,9-12H2,1-2H3/t13-,14-/m1/s1. The molecule has 112 valence electrons. The molecule has 1 heterocycles. The summed E-state index contributed by atoms with van der Waals surface area (Å²) in [6, 6.07) is 8.00. The Morgan fingerprint density at radius 1 is 1.20 bits per heavy atom. The third kappa shape index (κ3) is 5.08. The van der Waals surface area contributed by atoms with Gasteiger partial charge in [-0.1, -0.05) is 12.1 Å². The zero-order chi connectivity index (χ0) is 14.4. The van der Waals surface area contributed by atoms with Gasteiger partial charge in [-0.2, -0.15) is 0 Å². The highest BCUT2D eigenvalue weighted by Crippen LogP contribution is 2.23. The lowest BCUT2D eigenvalue weighted by molar-refractivity contribution is -0.0682. The summed E-state index contributed by atoms with van der Waals surface area (Å²) in [4.78, 5) is 2.50. The van der Waals surface area contributed by atoms with Crippen molar-refractivity contribution in [3.63, 3.8) is 0 Å². The second-order valence-corrected chi connectivity index (χ2v) is 6.36. The SMILES string of the molecule is C[C@@H]1CN(CCCCOc2ccccc2Br)C[C@@H](C)O1. The van der Waals surface area contributed by atoms with Gasteiger partial charge in [0.15, 0.2) is 0 Å². The highest BCUT2D eigenvalue weighted by Gasteiger charge is 2.21. The number of rotatable bonds is 6. The van der Waals surface area contributed by atoms with Gasteiger partial charge < -0.3 is 9.47 Å². The van der Waals surface area contributed by atoms with Crippen molar-refractivity contribution < 1.29 is 9.47 Å². The maximum absolute atomic E-state index is 5.78. The van der Waals surface area contributed by atoms with Crippen molar-refractivity contribution in [2.75, 3.05) is 26.2 Å². The van der Waals surface area contributed by atoms with Crippen LogP contribution in [0.3, 0.4) is 0 Å². The van der Waals surface area contributed by atoms with Crippen LogP contribution in [0.1, 0.15) is 26.7 Å². The molecule has 1 aliphatic rings. The predicted molar refractivity (Wildman–Crippen MR) is 85.3 cm³/mol. The fourth-order valence-electron chi connectivity index (χ4n) is 2.65. The van der Waals surface area contributed by atoms with Crippen LogP contribution in [0.4, 0.5) is 0 Å². The molecule has 0 N–H and O–H groups in total. The molecule has 0 radical (unpaired) electrons. The van der Waals surface area contributed by atoms with E-state index in [2.05, 4.69) is 34.7 Å². The van der Waals surface area contributed by atoms with E-state index in [9.17, 15) is 0 Å². The summed E-state index contributed by atoms with van der Waals surface area (Å²) in [7, 11) is 0. The molecule has 1 saturated heterocycles. The number of para-hydroxylation sites is 1. The topological polar surface area (TPSA) is 21.7 Å². The van der Waals surface area contributed by atoms with Gasteiger partial charge in [-0.3, -0.25) is 4.90 Å². The molecule has 4 heteroatoms. The molecule has 2 atom stereocenters. The van der Waals surface area contributed by atoms with E-state index in [1.165, 1.54) is 6.42 Å². The third-order valence-corrected chi connectivity index (χ3v) is 4.11. The monoisotopic (exact) mass is 341 g/mol. The van der Waals surface area contributed by atoms with Crippen molar-refractivity contribution in [3.05, 3.63) is 28.7 Å². The zero-order valence-corrected chi connectivity index (χ0v) is 13.9. The fraction of sp³-hybridized carbons (Fsp3) is 0.625. The number of benzene rings is 1. The first-order valence-electron chi connectivity index (χ1n) is 7.40. The molecule has 0 unspecified atom stereocenters. The molecule has 1 aromatic carbocycles. The molecule has 0 amide bonds. The van der Waals surface area contributed by atoms with E-state index in [1.807, 2.05) is 24.3 Å². The molecule has 20 heavy (non-hydrogen) atoms. The van der Waals surface area contributed by atoms with Crippen molar-refractivity contribution >= 4 is 15.9 Å². The number of unbranched alkanes of at least 4 members (excludes halogenated alkanes) is 1. The Morgan fingerprint density at radius 2 is 1.90 bits per heavy atom. The average molecular weight is 342 g/mol. The van der Waals surface area contributed by atoms with Crippen LogP contribution >= 0.6 is 15.9 Å². The molecule has 0 saturated carbocycles. The first-order chi connectivity index (χ1) is 9.65. The highest BCUT2D eigenvalue weighted by molar-refractivity contribution is 9.10. The minimum Gasteiger partial charge on any atom is -0.492 e. The van der Waals surface area contributed by atoms with E-state index >= 15 is 0 Å². The molecule has 0 spiro atoms. The normalized spacial score (nSPS) is 23.8. The Kier molecular flexibility index (Phi) is 6.33. The van der Waals surface area contributed by atoms with E-state index in [1.54, 1.807) is 0 Å². The number of halogens is 1. The second kappa shape index (κ2) is 8.01. The van der Waals surface area contributed by atoms with Crippen molar-refractivity contribution in [2.45, 2.75) is 38.9 Å². The van der Waals surface area contributed by atoms with Crippen molar-refractivity contribution in [2.24, 2.45) is 0 Å². The molecule has 2 rings (SSSR count). The average Bonchev–Trinajstić information content (AvgIpc) is 2.39. The van der Waals surface area contributed by atoms with Crippen LogP contribution in [-0.4, -0.2) is 43.3 Å². The van der Waals surface area contributed by atoms with Gasteiger partial charge in [0.1, 0.15) is 5.75 Å². The number of hydrogen-bond acceptors (Lipinski definition) is 3. The summed E-state index contributed by atoms with van der Waals surface area (Å²) < 4.78 is 12.5. The Labute approximate surface area is 130 Å². The molecule has 1 fully saturated rings. The summed E-state index contributed by atoms with van der Waals surface area (Å²) in [5.74, 6) is 0.932. The summed E-state index contributed by atoms with van der Waals surface area (Å²) in [5.41, 5.74) is 0. The summed E-state index contributed by atoms with van der Waals surface area (Å²) in [6.45, 7) is 8.32. The van der Waals surface area contributed by atoms with Crippen LogP contribution < -0.4 is 4.74 Å². The van der Waals surface area contributed by atoms with E-state index < -0.39 is 0 Å². The Bertz CT molecular complexity index is 403. The van der Waals surface area contributed by atoms with Gasteiger partial charge in [0, 0.05) is 13.1 Å². The molecule has 0 aromatic heterocycles. The molecule has 1 aliphatic heterocycles. The summed E-state index contributed by atoms with van der Waals surface area (Å²) in [5, 5.41) is 0. The van der Waals surface area contributed by atoms with Gasteiger partial charge in [0.05, 0.1) is 23.3 Å². The van der Waals surface area contributed by atoms with E-state index in [0.717, 1.165) is 42.9 Å². The van der Waals surface area contributed by atoms with E-state index in [-0.39, 0.29) is 0 Å². The highest BCUT2D eigenvalue weighted by atomic mass is 79.9. The van der Waals surface area contributed by atoms with Gasteiger partial charge in [0.25, 0.3) is 0 Å². The smallest absolute Gasteiger partial charge is 0.133 e. The van der Waals surface area contributed by atoms with E-state index in [0.29, 0.717) is 12.2 Å². The molecule has 0 bridgehead atoms. The van der Waals surface area contributed by atoms with Gasteiger partial charge in [-0.15, -0.1) is 0 Å². The minimum absolute atomic E-state index is 0.357. The number of hydrogen-bond donors (Lipinski definition) is 0. The lowest BCUT2D eigenvalue weighted by Crippen LogP contribution is -2.45. The fourth-order valence-corrected chi connectivity index (χ4v) is 3.05. The Hall–Kier alpha value is -0.580. The van der Waals surface area contributed by atoms with Crippen molar-refractivity contribution in [1.29, 1.82) is 0 Å². The second-order valence-electron chi connectivity index (χ2n) is 5.50. The van der Waals surface area contributed by atoms with Crippen molar-refractivity contribution in [3.8, 4) is 5.75 Å². The minimum atomic E-state index is 0.357. The maximum Gasteiger partial charge on any atom is 0.133 e. The molecule has 0 aliphatic carbocycles. The molecular weight excluding hydrogens is 318 g/mol. The Balaban J connectivity index is 1.61.